The van der Waals surface area contributed by atoms with E-state index in [9.17, 15) is 4.39 Å². The Kier molecular flexibility index (Phi) is 2.68. The zero-order chi connectivity index (χ0) is 10.7. The van der Waals surface area contributed by atoms with Crippen molar-refractivity contribution in [2.24, 2.45) is 0 Å². The van der Waals surface area contributed by atoms with Gasteiger partial charge in [-0.3, -0.25) is 10.1 Å². The minimum atomic E-state index is -0.368. The molecule has 15 heavy (non-hydrogen) atoms. The summed E-state index contributed by atoms with van der Waals surface area (Å²) in [6, 6.07) is 1.19. The van der Waals surface area contributed by atoms with Crippen molar-refractivity contribution < 1.29 is 4.39 Å². The molecule has 0 aliphatic heterocycles. The van der Waals surface area contributed by atoms with E-state index in [1.807, 2.05) is 0 Å². The van der Waals surface area contributed by atoms with Crippen LogP contribution >= 0.6 is 0 Å². The van der Waals surface area contributed by atoms with Crippen LogP contribution in [0, 0.1) is 5.82 Å². The summed E-state index contributed by atoms with van der Waals surface area (Å²) in [5.74, 6) is 0.261. The average Bonchev–Trinajstić information content (AvgIpc) is 2.72. The molecule has 2 aromatic heterocycles. The highest BCUT2D eigenvalue weighted by Crippen LogP contribution is 2.17. The predicted octanol–water partition coefficient (Wildman–Crippen LogP) is 0.648. The molecule has 0 aliphatic rings. The second kappa shape index (κ2) is 4.14. The van der Waals surface area contributed by atoms with Crippen molar-refractivity contribution in [1.82, 2.24) is 25.5 Å². The lowest BCUT2D eigenvalue weighted by Crippen LogP contribution is -2.19. The number of hydrogen-bond donors (Lipinski definition) is 2. The summed E-state index contributed by atoms with van der Waals surface area (Å²) in [7, 11) is 1.76. The van der Waals surface area contributed by atoms with E-state index in [2.05, 4.69) is 25.5 Å². The Hall–Kier alpha value is -1.82. The second-order valence-corrected chi connectivity index (χ2v) is 3.03. The molecule has 5 nitrogen and oxygen atoms in total. The first kappa shape index (κ1) is 9.72. The van der Waals surface area contributed by atoms with Gasteiger partial charge in [-0.1, -0.05) is 0 Å². The summed E-state index contributed by atoms with van der Waals surface area (Å²) in [5, 5.41) is 9.49. The first-order valence-corrected chi connectivity index (χ1v) is 4.44. The normalized spacial score (nSPS) is 12.7. The Morgan fingerprint density at radius 2 is 2.33 bits per heavy atom. The second-order valence-electron chi connectivity index (χ2n) is 3.03. The molecule has 0 fully saturated rings. The van der Waals surface area contributed by atoms with Crippen LogP contribution in [-0.2, 0) is 0 Å². The summed E-state index contributed by atoms with van der Waals surface area (Å²) in [4.78, 5) is 7.80. The Morgan fingerprint density at radius 1 is 1.47 bits per heavy atom. The van der Waals surface area contributed by atoms with Crippen molar-refractivity contribution in [2.45, 2.75) is 6.04 Å². The van der Waals surface area contributed by atoms with Gasteiger partial charge in [0.15, 0.2) is 0 Å². The average molecular weight is 207 g/mol. The molecule has 2 heterocycles. The third kappa shape index (κ3) is 1.99. The van der Waals surface area contributed by atoms with Crippen LogP contribution in [0.25, 0.3) is 0 Å². The Labute approximate surface area is 85.8 Å². The molecule has 6 heteroatoms. The van der Waals surface area contributed by atoms with Crippen LogP contribution in [0.4, 0.5) is 4.39 Å². The van der Waals surface area contributed by atoms with E-state index in [-0.39, 0.29) is 11.9 Å². The highest BCUT2D eigenvalue weighted by atomic mass is 19.1. The van der Waals surface area contributed by atoms with E-state index >= 15 is 0 Å². The molecule has 0 aliphatic carbocycles. The third-order valence-corrected chi connectivity index (χ3v) is 2.06. The number of H-pyrrole nitrogens is 1. The molecule has 0 saturated carbocycles. The van der Waals surface area contributed by atoms with Gasteiger partial charge in [0.05, 0.1) is 12.2 Å². The van der Waals surface area contributed by atoms with E-state index in [0.29, 0.717) is 11.4 Å². The van der Waals surface area contributed by atoms with Crippen LogP contribution in [0.15, 0.2) is 24.8 Å². The quantitative estimate of drug-likeness (QED) is 0.775. The molecule has 2 rings (SSSR count). The molecule has 2 N–H and O–H groups in total. The maximum Gasteiger partial charge on any atom is 0.146 e. The van der Waals surface area contributed by atoms with Gasteiger partial charge in [-0.05, 0) is 18.7 Å². The maximum absolute atomic E-state index is 13.0. The number of nitrogens with one attached hydrogen (secondary N) is 2. The van der Waals surface area contributed by atoms with Crippen LogP contribution in [0.1, 0.15) is 17.4 Å². The van der Waals surface area contributed by atoms with Crippen molar-refractivity contribution in [1.29, 1.82) is 0 Å². The molecule has 78 valence electrons. The van der Waals surface area contributed by atoms with Crippen molar-refractivity contribution in [3.63, 3.8) is 0 Å². The van der Waals surface area contributed by atoms with Crippen LogP contribution in [-0.4, -0.2) is 27.2 Å². The van der Waals surface area contributed by atoms with Gasteiger partial charge >= 0.3 is 0 Å². The smallest absolute Gasteiger partial charge is 0.146 e. The van der Waals surface area contributed by atoms with Gasteiger partial charge in [0.1, 0.15) is 18.0 Å². The van der Waals surface area contributed by atoms with Crippen LogP contribution in [0.5, 0.6) is 0 Å². The molecular weight excluding hydrogens is 197 g/mol. The van der Waals surface area contributed by atoms with E-state index in [1.54, 1.807) is 13.2 Å². The largest absolute Gasteiger partial charge is 0.307 e. The number of hydrogen-bond acceptors (Lipinski definition) is 4. The standard InChI is InChI=1S/C9H10FN5/c1-11-8(9-13-5-14-15-9)6-2-7(10)4-12-3-6/h2-5,8,11H,1H3,(H,13,14,15). The van der Waals surface area contributed by atoms with Gasteiger partial charge in [-0.2, -0.15) is 5.10 Å². The lowest BCUT2D eigenvalue weighted by molar-refractivity contribution is 0.601. The topological polar surface area (TPSA) is 66.5 Å². The first-order chi connectivity index (χ1) is 7.31. The molecule has 0 saturated heterocycles. The number of rotatable bonds is 3. The SMILES string of the molecule is CNC(c1cncc(F)c1)c1ncn[nH]1. The monoisotopic (exact) mass is 207 g/mol. The maximum atomic E-state index is 13.0. The molecule has 1 atom stereocenters. The summed E-state index contributed by atoms with van der Waals surface area (Å²) in [5.41, 5.74) is 0.703. The van der Waals surface area contributed by atoms with E-state index in [0.717, 1.165) is 6.20 Å². The van der Waals surface area contributed by atoms with Gasteiger partial charge in [-0.25, -0.2) is 9.37 Å². The highest BCUT2D eigenvalue weighted by Gasteiger charge is 2.15. The lowest BCUT2D eigenvalue weighted by Gasteiger charge is -2.12. The number of pyridine rings is 1. The molecule has 0 amide bonds. The van der Waals surface area contributed by atoms with Crippen molar-refractivity contribution >= 4 is 0 Å². The Balaban J connectivity index is 2.35. The van der Waals surface area contributed by atoms with Crippen LogP contribution in [0.2, 0.25) is 0 Å². The molecule has 1 unspecified atom stereocenters. The molecule has 0 spiro atoms. The molecule has 0 aromatic carbocycles. The van der Waals surface area contributed by atoms with E-state index in [1.165, 1.54) is 12.4 Å². The van der Waals surface area contributed by atoms with Gasteiger partial charge in [0, 0.05) is 6.20 Å². The number of aromatic nitrogens is 4. The van der Waals surface area contributed by atoms with Gasteiger partial charge in [0.25, 0.3) is 0 Å². The zero-order valence-corrected chi connectivity index (χ0v) is 8.11. The third-order valence-electron chi connectivity index (χ3n) is 2.06. The first-order valence-electron chi connectivity index (χ1n) is 4.44. The van der Waals surface area contributed by atoms with Crippen molar-refractivity contribution in [3.05, 3.63) is 42.0 Å². The number of halogens is 1. The van der Waals surface area contributed by atoms with Crippen LogP contribution in [0.3, 0.4) is 0 Å². The summed E-state index contributed by atoms with van der Waals surface area (Å²) in [6.45, 7) is 0. The van der Waals surface area contributed by atoms with Gasteiger partial charge < -0.3 is 5.32 Å². The molecule has 0 radical (unpaired) electrons. The minimum absolute atomic E-state index is 0.226. The fourth-order valence-electron chi connectivity index (χ4n) is 1.40. The Morgan fingerprint density at radius 3 is 2.93 bits per heavy atom. The summed E-state index contributed by atoms with van der Waals surface area (Å²) >= 11 is 0. The summed E-state index contributed by atoms with van der Waals surface area (Å²) in [6.07, 6.45) is 4.16. The fraction of sp³-hybridized carbons (Fsp3) is 0.222. The van der Waals surface area contributed by atoms with Crippen molar-refractivity contribution in [3.8, 4) is 0 Å². The lowest BCUT2D eigenvalue weighted by atomic mass is 10.1. The minimum Gasteiger partial charge on any atom is -0.307 e. The molecule has 2 aromatic rings. The van der Waals surface area contributed by atoms with Crippen molar-refractivity contribution in [2.75, 3.05) is 7.05 Å². The Bertz CT molecular complexity index is 428. The van der Waals surface area contributed by atoms with E-state index in [4.69, 9.17) is 0 Å². The number of nitrogens with zero attached hydrogens (tertiary/aromatic N) is 3. The van der Waals surface area contributed by atoms with Gasteiger partial charge in [-0.15, -0.1) is 0 Å². The van der Waals surface area contributed by atoms with E-state index < -0.39 is 0 Å². The zero-order valence-electron chi connectivity index (χ0n) is 8.11. The van der Waals surface area contributed by atoms with Gasteiger partial charge in [0.2, 0.25) is 0 Å². The molecular formula is C9H10FN5. The summed E-state index contributed by atoms with van der Waals surface area (Å²) < 4.78 is 13.0. The highest BCUT2D eigenvalue weighted by molar-refractivity contribution is 5.21. The fourth-order valence-corrected chi connectivity index (χ4v) is 1.40. The number of aromatic amines is 1. The van der Waals surface area contributed by atoms with Crippen LogP contribution < -0.4 is 5.32 Å². The molecule has 0 bridgehead atoms. The predicted molar refractivity (Wildman–Crippen MR) is 51.5 cm³/mol.